The Labute approximate surface area is 172 Å². The fourth-order valence-electron chi connectivity index (χ4n) is 2.78. The van der Waals surface area contributed by atoms with Crippen molar-refractivity contribution < 1.29 is 0 Å². The number of aliphatic imine (C=N–C) groups is 1. The van der Waals surface area contributed by atoms with Gasteiger partial charge in [0.2, 0.25) is 0 Å². The van der Waals surface area contributed by atoms with E-state index in [2.05, 4.69) is 70.1 Å². The molecular formula is C19H29IN4S. The van der Waals surface area contributed by atoms with E-state index in [-0.39, 0.29) is 24.0 Å². The van der Waals surface area contributed by atoms with Gasteiger partial charge in [0.05, 0.1) is 12.6 Å². The summed E-state index contributed by atoms with van der Waals surface area (Å²) in [5.74, 6) is 0.526. The maximum absolute atomic E-state index is 6.05. The van der Waals surface area contributed by atoms with E-state index in [1.807, 2.05) is 6.07 Å². The van der Waals surface area contributed by atoms with Gasteiger partial charge in [0.25, 0.3) is 0 Å². The molecule has 0 aliphatic carbocycles. The van der Waals surface area contributed by atoms with Crippen LogP contribution in [-0.2, 0) is 6.42 Å². The Bertz CT molecular complexity index is 597. The first kappa shape index (κ1) is 21.9. The van der Waals surface area contributed by atoms with Crippen molar-refractivity contribution in [2.24, 2.45) is 10.7 Å². The van der Waals surface area contributed by atoms with Crippen molar-refractivity contribution in [1.82, 2.24) is 10.2 Å². The number of guanidine groups is 1. The molecule has 0 radical (unpaired) electrons. The zero-order valence-electron chi connectivity index (χ0n) is 15.0. The number of nitrogens with two attached hydrogens (primary N) is 1. The van der Waals surface area contributed by atoms with Crippen LogP contribution in [0.4, 0.5) is 0 Å². The minimum absolute atomic E-state index is 0. The van der Waals surface area contributed by atoms with E-state index in [1.165, 1.54) is 11.1 Å². The van der Waals surface area contributed by atoms with Crippen molar-refractivity contribution in [3.05, 3.63) is 58.3 Å². The van der Waals surface area contributed by atoms with Gasteiger partial charge in [-0.15, -0.1) is 24.0 Å². The molecule has 138 valence electrons. The lowest BCUT2D eigenvalue weighted by Crippen LogP contribution is -2.35. The predicted octanol–water partition coefficient (Wildman–Crippen LogP) is 3.90. The molecule has 2 rings (SSSR count). The van der Waals surface area contributed by atoms with Crippen LogP contribution >= 0.6 is 35.3 Å². The lowest BCUT2D eigenvalue weighted by atomic mass is 10.1. The number of hydrogen-bond acceptors (Lipinski definition) is 3. The van der Waals surface area contributed by atoms with E-state index in [0.29, 0.717) is 18.5 Å². The molecule has 1 aromatic carbocycles. The van der Waals surface area contributed by atoms with Crippen LogP contribution in [0.3, 0.4) is 0 Å². The summed E-state index contributed by atoms with van der Waals surface area (Å²) in [7, 11) is 0. The van der Waals surface area contributed by atoms with E-state index in [9.17, 15) is 0 Å². The monoisotopic (exact) mass is 472 g/mol. The Balaban J connectivity index is 0.00000312. The first-order valence-electron chi connectivity index (χ1n) is 8.58. The average Bonchev–Trinajstić information content (AvgIpc) is 3.14. The molecular weight excluding hydrogens is 443 g/mol. The summed E-state index contributed by atoms with van der Waals surface area (Å²) < 4.78 is 0. The molecule has 0 bridgehead atoms. The number of halogens is 1. The molecule has 1 heterocycles. The van der Waals surface area contributed by atoms with Crippen LogP contribution in [0.25, 0.3) is 0 Å². The Morgan fingerprint density at radius 1 is 1.20 bits per heavy atom. The minimum atomic E-state index is 0. The van der Waals surface area contributed by atoms with Crippen LogP contribution in [-0.4, -0.2) is 37.0 Å². The Kier molecular flexibility index (Phi) is 10.8. The lowest BCUT2D eigenvalue weighted by molar-refractivity contribution is 0.225. The predicted molar refractivity (Wildman–Crippen MR) is 120 cm³/mol. The van der Waals surface area contributed by atoms with Crippen molar-refractivity contribution in [3.8, 4) is 0 Å². The molecule has 2 aromatic rings. The normalized spacial score (nSPS) is 12.7. The first-order valence-corrected chi connectivity index (χ1v) is 9.52. The summed E-state index contributed by atoms with van der Waals surface area (Å²) in [6.07, 6.45) is 0.946. The summed E-state index contributed by atoms with van der Waals surface area (Å²) in [6, 6.07) is 12.9. The third-order valence-electron chi connectivity index (χ3n) is 4.18. The molecule has 1 aromatic heterocycles. The first-order chi connectivity index (χ1) is 11.7. The van der Waals surface area contributed by atoms with Crippen molar-refractivity contribution in [1.29, 1.82) is 0 Å². The van der Waals surface area contributed by atoms with Gasteiger partial charge >= 0.3 is 0 Å². The fraction of sp³-hybridized carbons (Fsp3) is 0.421. The van der Waals surface area contributed by atoms with Gasteiger partial charge in [0, 0.05) is 6.54 Å². The van der Waals surface area contributed by atoms with E-state index in [1.54, 1.807) is 11.3 Å². The van der Waals surface area contributed by atoms with Crippen LogP contribution in [0.5, 0.6) is 0 Å². The number of nitrogens with zero attached hydrogens (tertiary/aromatic N) is 2. The number of hydrogen-bond donors (Lipinski definition) is 2. The molecule has 6 heteroatoms. The van der Waals surface area contributed by atoms with Crippen LogP contribution in [0, 0.1) is 0 Å². The molecule has 3 N–H and O–H groups in total. The Morgan fingerprint density at radius 2 is 1.92 bits per heavy atom. The van der Waals surface area contributed by atoms with Gasteiger partial charge in [-0.1, -0.05) is 44.2 Å². The van der Waals surface area contributed by atoms with Gasteiger partial charge in [-0.2, -0.15) is 11.3 Å². The molecule has 0 fully saturated rings. The van der Waals surface area contributed by atoms with E-state index < -0.39 is 0 Å². The standard InChI is InChI=1S/C19H28N4S.HI/c1-3-23(4-2)18(17-11-13-24-15-17)14-22-19(20)21-12-10-16-8-6-5-7-9-16;/h5-9,11,13,15,18H,3-4,10,12,14H2,1-2H3,(H3,20,21,22);1H. The van der Waals surface area contributed by atoms with Crippen LogP contribution in [0.1, 0.15) is 31.0 Å². The Hall–Kier alpha value is -1.12. The lowest BCUT2D eigenvalue weighted by Gasteiger charge is -2.28. The van der Waals surface area contributed by atoms with Gasteiger partial charge < -0.3 is 11.1 Å². The minimum Gasteiger partial charge on any atom is -0.370 e. The van der Waals surface area contributed by atoms with E-state index in [4.69, 9.17) is 5.73 Å². The quantitative estimate of drug-likeness (QED) is 0.331. The summed E-state index contributed by atoms with van der Waals surface area (Å²) in [6.45, 7) is 7.88. The Morgan fingerprint density at radius 3 is 2.52 bits per heavy atom. The fourth-order valence-corrected chi connectivity index (χ4v) is 3.49. The molecule has 0 aliphatic heterocycles. The largest absolute Gasteiger partial charge is 0.370 e. The molecule has 25 heavy (non-hydrogen) atoms. The summed E-state index contributed by atoms with van der Waals surface area (Å²) in [5.41, 5.74) is 8.67. The number of rotatable bonds is 9. The topological polar surface area (TPSA) is 53.6 Å². The highest BCUT2D eigenvalue weighted by atomic mass is 127. The van der Waals surface area contributed by atoms with Crippen molar-refractivity contribution in [3.63, 3.8) is 0 Å². The number of nitrogens with one attached hydrogen (secondary N) is 1. The van der Waals surface area contributed by atoms with Crippen molar-refractivity contribution >= 4 is 41.3 Å². The maximum atomic E-state index is 6.05. The number of benzene rings is 1. The smallest absolute Gasteiger partial charge is 0.188 e. The second kappa shape index (κ2) is 12.3. The van der Waals surface area contributed by atoms with Crippen molar-refractivity contribution in [2.45, 2.75) is 26.3 Å². The molecule has 4 nitrogen and oxygen atoms in total. The molecule has 1 atom stereocenters. The van der Waals surface area contributed by atoms with Gasteiger partial charge in [0.1, 0.15) is 0 Å². The average molecular weight is 472 g/mol. The zero-order valence-corrected chi connectivity index (χ0v) is 18.2. The number of likely N-dealkylation sites (N-methyl/N-ethyl adjacent to an activating group) is 1. The SMILES string of the molecule is CCN(CC)C(CN=C(N)NCCc1ccccc1)c1ccsc1.I. The molecule has 0 aliphatic rings. The van der Waals surface area contributed by atoms with Gasteiger partial charge in [0.15, 0.2) is 5.96 Å². The van der Waals surface area contributed by atoms with E-state index in [0.717, 1.165) is 26.1 Å². The zero-order chi connectivity index (χ0) is 17.2. The summed E-state index contributed by atoms with van der Waals surface area (Å²) in [4.78, 5) is 6.99. The highest BCUT2D eigenvalue weighted by Crippen LogP contribution is 2.23. The van der Waals surface area contributed by atoms with Gasteiger partial charge in [-0.25, -0.2) is 0 Å². The highest BCUT2D eigenvalue weighted by molar-refractivity contribution is 14.0. The van der Waals surface area contributed by atoms with Crippen LogP contribution in [0.15, 0.2) is 52.2 Å². The highest BCUT2D eigenvalue weighted by Gasteiger charge is 2.17. The summed E-state index contributed by atoms with van der Waals surface area (Å²) >= 11 is 1.73. The maximum Gasteiger partial charge on any atom is 0.188 e. The third kappa shape index (κ3) is 7.33. The second-order valence-corrected chi connectivity index (χ2v) is 6.46. The van der Waals surface area contributed by atoms with Crippen LogP contribution in [0.2, 0.25) is 0 Å². The van der Waals surface area contributed by atoms with Crippen LogP contribution < -0.4 is 11.1 Å². The molecule has 0 spiro atoms. The third-order valence-corrected chi connectivity index (χ3v) is 4.88. The summed E-state index contributed by atoms with van der Waals surface area (Å²) in [5, 5.41) is 7.55. The molecule has 0 saturated heterocycles. The second-order valence-electron chi connectivity index (χ2n) is 5.68. The molecule has 0 amide bonds. The van der Waals surface area contributed by atoms with Gasteiger partial charge in [-0.05, 0) is 47.5 Å². The van der Waals surface area contributed by atoms with E-state index >= 15 is 0 Å². The van der Waals surface area contributed by atoms with Crippen molar-refractivity contribution in [2.75, 3.05) is 26.2 Å². The number of thiophene rings is 1. The van der Waals surface area contributed by atoms with Gasteiger partial charge in [-0.3, -0.25) is 9.89 Å². The molecule has 0 saturated carbocycles. The molecule has 1 unspecified atom stereocenters.